The maximum Gasteiger partial charge on any atom is 0.415 e. The van der Waals surface area contributed by atoms with Crippen LogP contribution >= 0.6 is 0 Å². The van der Waals surface area contributed by atoms with Crippen LogP contribution in [0, 0.1) is 0 Å². The first kappa shape index (κ1) is 16.7. The molecule has 0 N–H and O–H groups in total. The van der Waals surface area contributed by atoms with Crippen molar-refractivity contribution in [2.24, 2.45) is 0 Å². The summed E-state index contributed by atoms with van der Waals surface area (Å²) in [5.74, 6) is -0.778. The van der Waals surface area contributed by atoms with Gasteiger partial charge in [0.25, 0.3) is 5.91 Å². The van der Waals surface area contributed by atoms with E-state index in [1.807, 2.05) is 6.07 Å². The van der Waals surface area contributed by atoms with Gasteiger partial charge in [0.05, 0.1) is 18.7 Å². The number of carbonyl (C=O) groups excluding carboxylic acids is 3. The number of benzene rings is 2. The van der Waals surface area contributed by atoms with Gasteiger partial charge >= 0.3 is 6.09 Å². The number of amides is 3. The van der Waals surface area contributed by atoms with E-state index in [1.165, 1.54) is 4.90 Å². The van der Waals surface area contributed by atoms with Crippen molar-refractivity contribution in [3.63, 3.8) is 0 Å². The zero-order valence-corrected chi connectivity index (χ0v) is 13.8. The molecule has 3 amide bonds. The Morgan fingerprint density at radius 3 is 2.28 bits per heavy atom. The van der Waals surface area contributed by atoms with Crippen molar-refractivity contribution in [2.45, 2.75) is 19.4 Å². The highest BCUT2D eigenvalue weighted by Gasteiger charge is 2.45. The number of hydrogen-bond donors (Lipinski definition) is 0. The molecule has 0 spiro atoms. The van der Waals surface area contributed by atoms with Crippen molar-refractivity contribution in [1.82, 2.24) is 0 Å². The van der Waals surface area contributed by atoms with Crippen LogP contribution in [0.25, 0.3) is 0 Å². The summed E-state index contributed by atoms with van der Waals surface area (Å²) in [6.45, 7) is 1.87. The summed E-state index contributed by atoms with van der Waals surface area (Å²) >= 11 is 0. The van der Waals surface area contributed by atoms with Crippen molar-refractivity contribution in [1.29, 1.82) is 0 Å². The molecule has 2 aromatic rings. The molecule has 0 saturated carbocycles. The molecular weight excluding hydrogens is 320 g/mol. The third-order valence-electron chi connectivity index (χ3n) is 3.95. The topological polar surface area (TPSA) is 66.9 Å². The minimum Gasteiger partial charge on any atom is -0.449 e. The Kier molecular flexibility index (Phi) is 4.79. The number of carbonyl (C=O) groups is 3. The molecule has 6 nitrogen and oxygen atoms in total. The third-order valence-corrected chi connectivity index (χ3v) is 3.95. The van der Waals surface area contributed by atoms with E-state index in [-0.39, 0.29) is 18.9 Å². The zero-order chi connectivity index (χ0) is 17.8. The van der Waals surface area contributed by atoms with Gasteiger partial charge in [0.1, 0.15) is 6.04 Å². The molecule has 0 radical (unpaired) electrons. The van der Waals surface area contributed by atoms with Gasteiger partial charge in [-0.15, -0.1) is 0 Å². The quantitative estimate of drug-likeness (QED) is 0.804. The molecule has 3 rings (SSSR count). The van der Waals surface area contributed by atoms with Crippen LogP contribution in [0.2, 0.25) is 0 Å². The molecule has 1 saturated heterocycles. The minimum atomic E-state index is -0.922. The SMILES string of the molecule is CCOC(=O)N(c1ccccc1)[C@@H]1CC(=O)N(c2ccccc2)C1=O. The molecular formula is C19H18N2O4. The molecule has 0 aliphatic carbocycles. The van der Waals surface area contributed by atoms with Crippen LogP contribution < -0.4 is 9.80 Å². The second kappa shape index (κ2) is 7.17. The molecule has 128 valence electrons. The number of rotatable bonds is 4. The fourth-order valence-electron chi connectivity index (χ4n) is 2.86. The van der Waals surface area contributed by atoms with Crippen LogP contribution in [-0.4, -0.2) is 30.6 Å². The van der Waals surface area contributed by atoms with Gasteiger partial charge < -0.3 is 4.74 Å². The van der Waals surface area contributed by atoms with E-state index in [0.29, 0.717) is 11.4 Å². The zero-order valence-electron chi connectivity index (χ0n) is 13.8. The lowest BCUT2D eigenvalue weighted by atomic mass is 10.2. The van der Waals surface area contributed by atoms with Gasteiger partial charge in [0, 0.05) is 5.69 Å². The summed E-state index contributed by atoms with van der Waals surface area (Å²) in [4.78, 5) is 40.2. The summed E-state index contributed by atoms with van der Waals surface area (Å²) in [7, 11) is 0. The number of anilines is 2. The Hall–Kier alpha value is -3.15. The largest absolute Gasteiger partial charge is 0.449 e. The fraction of sp³-hybridized carbons (Fsp3) is 0.211. The Bertz CT molecular complexity index is 777. The summed E-state index contributed by atoms with van der Waals surface area (Å²) in [6, 6.07) is 16.5. The monoisotopic (exact) mass is 338 g/mol. The van der Waals surface area contributed by atoms with Gasteiger partial charge in [-0.05, 0) is 31.2 Å². The second-order valence-electron chi connectivity index (χ2n) is 5.53. The summed E-state index contributed by atoms with van der Waals surface area (Å²) < 4.78 is 5.10. The molecule has 1 aliphatic heterocycles. The van der Waals surface area contributed by atoms with E-state index >= 15 is 0 Å². The van der Waals surface area contributed by atoms with E-state index in [4.69, 9.17) is 4.74 Å². The first-order valence-corrected chi connectivity index (χ1v) is 8.06. The maximum absolute atomic E-state index is 12.9. The van der Waals surface area contributed by atoms with Crippen LogP contribution in [0.3, 0.4) is 0 Å². The number of nitrogens with zero attached hydrogens (tertiary/aromatic N) is 2. The normalized spacial score (nSPS) is 16.8. The standard InChI is InChI=1S/C19H18N2O4/c1-2-25-19(24)20(14-9-5-3-6-10-14)16-13-17(22)21(18(16)23)15-11-7-4-8-12-15/h3-12,16H,2,13H2,1H3/t16-/m1/s1. The average molecular weight is 338 g/mol. The van der Waals surface area contributed by atoms with Gasteiger partial charge in [0.2, 0.25) is 5.91 Å². The van der Waals surface area contributed by atoms with Crippen molar-refractivity contribution in [3.8, 4) is 0 Å². The number of ether oxygens (including phenoxy) is 1. The second-order valence-corrected chi connectivity index (χ2v) is 5.53. The average Bonchev–Trinajstić information content (AvgIpc) is 2.91. The van der Waals surface area contributed by atoms with Crippen LogP contribution in [0.4, 0.5) is 16.2 Å². The predicted octanol–water partition coefficient (Wildman–Crippen LogP) is 2.98. The number of hydrogen-bond acceptors (Lipinski definition) is 4. The summed E-state index contributed by atoms with van der Waals surface area (Å²) in [5, 5.41) is 0. The highest BCUT2D eigenvalue weighted by Crippen LogP contribution is 2.29. The number of imide groups is 1. The molecule has 25 heavy (non-hydrogen) atoms. The van der Waals surface area contributed by atoms with Gasteiger partial charge in [-0.1, -0.05) is 36.4 Å². The van der Waals surface area contributed by atoms with Crippen LogP contribution in [0.5, 0.6) is 0 Å². The predicted molar refractivity (Wildman–Crippen MR) is 93.3 cm³/mol. The molecule has 0 bridgehead atoms. The molecule has 0 aromatic heterocycles. The lowest BCUT2D eigenvalue weighted by molar-refractivity contribution is -0.121. The van der Waals surface area contributed by atoms with Crippen LogP contribution in [0.15, 0.2) is 60.7 Å². The van der Waals surface area contributed by atoms with Gasteiger partial charge in [-0.25, -0.2) is 9.69 Å². The summed E-state index contributed by atoms with van der Waals surface area (Å²) in [6.07, 6.45) is -0.726. The first-order chi connectivity index (χ1) is 12.1. The molecule has 1 heterocycles. The van der Waals surface area contributed by atoms with Gasteiger partial charge in [-0.2, -0.15) is 0 Å². The highest BCUT2D eigenvalue weighted by molar-refractivity contribution is 6.24. The first-order valence-electron chi connectivity index (χ1n) is 8.06. The summed E-state index contributed by atoms with van der Waals surface area (Å²) in [5.41, 5.74) is 1.01. The highest BCUT2D eigenvalue weighted by atomic mass is 16.6. The molecule has 0 unspecified atom stereocenters. The molecule has 1 aliphatic rings. The van der Waals surface area contributed by atoms with E-state index in [0.717, 1.165) is 4.90 Å². The molecule has 6 heteroatoms. The van der Waals surface area contributed by atoms with Crippen molar-refractivity contribution in [2.75, 3.05) is 16.4 Å². The van der Waals surface area contributed by atoms with E-state index in [9.17, 15) is 14.4 Å². The Morgan fingerprint density at radius 1 is 1.08 bits per heavy atom. The maximum atomic E-state index is 12.9. The fourth-order valence-corrected chi connectivity index (χ4v) is 2.86. The molecule has 1 atom stereocenters. The molecule has 1 fully saturated rings. The van der Waals surface area contributed by atoms with Crippen molar-refractivity contribution in [3.05, 3.63) is 60.7 Å². The Labute approximate surface area is 145 Å². The van der Waals surface area contributed by atoms with E-state index in [2.05, 4.69) is 0 Å². The minimum absolute atomic E-state index is 0.0819. The lowest BCUT2D eigenvalue weighted by Crippen LogP contribution is -2.46. The van der Waals surface area contributed by atoms with Crippen molar-refractivity contribution >= 4 is 29.3 Å². The molecule has 2 aromatic carbocycles. The van der Waals surface area contributed by atoms with E-state index in [1.54, 1.807) is 61.5 Å². The van der Waals surface area contributed by atoms with Gasteiger partial charge in [-0.3, -0.25) is 14.5 Å². The third kappa shape index (κ3) is 3.24. The van der Waals surface area contributed by atoms with E-state index < -0.39 is 18.0 Å². The Balaban J connectivity index is 1.96. The number of para-hydroxylation sites is 2. The van der Waals surface area contributed by atoms with Crippen LogP contribution in [0.1, 0.15) is 13.3 Å². The van der Waals surface area contributed by atoms with Gasteiger partial charge in [0.15, 0.2) is 0 Å². The van der Waals surface area contributed by atoms with Crippen LogP contribution in [-0.2, 0) is 14.3 Å². The van der Waals surface area contributed by atoms with Crippen molar-refractivity contribution < 1.29 is 19.1 Å². The lowest BCUT2D eigenvalue weighted by Gasteiger charge is -2.26. The smallest absolute Gasteiger partial charge is 0.415 e. The Morgan fingerprint density at radius 2 is 1.68 bits per heavy atom.